The van der Waals surface area contributed by atoms with E-state index >= 15 is 0 Å². The summed E-state index contributed by atoms with van der Waals surface area (Å²) in [6.07, 6.45) is 3.91. The summed E-state index contributed by atoms with van der Waals surface area (Å²) in [6, 6.07) is 2.07. The Labute approximate surface area is 71.1 Å². The molecule has 1 aliphatic carbocycles. The molecule has 0 spiro atoms. The molecular weight excluding hydrogens is 150 g/mol. The van der Waals surface area contributed by atoms with Gasteiger partial charge in [-0.3, -0.25) is 0 Å². The van der Waals surface area contributed by atoms with Gasteiger partial charge in [-0.05, 0) is 19.8 Å². The van der Waals surface area contributed by atoms with Crippen LogP contribution in [0.3, 0.4) is 0 Å². The Balaban J connectivity index is 2.49. The number of nitrogens with zero attached hydrogens (tertiary/aromatic N) is 3. The van der Waals surface area contributed by atoms with Gasteiger partial charge in [0.25, 0.3) is 0 Å². The molecule has 1 heterocycles. The molecule has 0 radical (unpaired) electrons. The average molecular weight is 159 g/mol. The summed E-state index contributed by atoms with van der Waals surface area (Å²) in [5.41, 5.74) is 2.55. The maximum Gasteiger partial charge on any atom is 0.147 e. The quantitative estimate of drug-likeness (QED) is 0.624. The summed E-state index contributed by atoms with van der Waals surface area (Å²) in [6.45, 7) is 1.92. The fourth-order valence-corrected chi connectivity index (χ4v) is 1.34. The summed E-state index contributed by atoms with van der Waals surface area (Å²) in [7, 11) is 0. The standard InChI is InChI=1S/C9H9N3/c1-6-8(4-10)11-5-12-9(6)7-2-3-7/h5,7H,2-3H2,1H3. The highest BCUT2D eigenvalue weighted by atomic mass is 14.9. The summed E-state index contributed by atoms with van der Waals surface area (Å²) >= 11 is 0. The van der Waals surface area contributed by atoms with Crippen LogP contribution in [0.1, 0.15) is 35.7 Å². The van der Waals surface area contributed by atoms with E-state index in [0.717, 1.165) is 11.3 Å². The van der Waals surface area contributed by atoms with E-state index in [9.17, 15) is 0 Å². The van der Waals surface area contributed by atoms with Crippen LogP contribution >= 0.6 is 0 Å². The number of hydrogen-bond acceptors (Lipinski definition) is 3. The molecule has 0 aliphatic heterocycles. The normalized spacial score (nSPS) is 15.7. The molecule has 1 saturated carbocycles. The highest BCUT2D eigenvalue weighted by Gasteiger charge is 2.27. The molecule has 1 aromatic heterocycles. The van der Waals surface area contributed by atoms with Crippen LogP contribution in [-0.4, -0.2) is 9.97 Å². The SMILES string of the molecule is Cc1c(C#N)ncnc1C1CC1. The van der Waals surface area contributed by atoms with Gasteiger partial charge in [0.1, 0.15) is 18.1 Å². The third-order valence-corrected chi connectivity index (χ3v) is 2.19. The van der Waals surface area contributed by atoms with Gasteiger partial charge in [-0.2, -0.15) is 5.26 Å². The number of aromatic nitrogens is 2. The molecule has 0 bridgehead atoms. The average Bonchev–Trinajstić information content (AvgIpc) is 2.88. The Morgan fingerprint density at radius 2 is 2.25 bits per heavy atom. The van der Waals surface area contributed by atoms with Crippen LogP contribution < -0.4 is 0 Å². The van der Waals surface area contributed by atoms with E-state index in [4.69, 9.17) is 5.26 Å². The van der Waals surface area contributed by atoms with E-state index in [-0.39, 0.29) is 0 Å². The van der Waals surface area contributed by atoms with Gasteiger partial charge in [0.15, 0.2) is 0 Å². The summed E-state index contributed by atoms with van der Waals surface area (Å²) in [5, 5.41) is 8.70. The van der Waals surface area contributed by atoms with Crippen molar-refractivity contribution in [3.8, 4) is 6.07 Å². The first-order chi connectivity index (χ1) is 5.83. The lowest BCUT2D eigenvalue weighted by atomic mass is 10.1. The lowest BCUT2D eigenvalue weighted by molar-refractivity contribution is 0.949. The van der Waals surface area contributed by atoms with Crippen molar-refractivity contribution in [3.05, 3.63) is 23.3 Å². The molecule has 0 atom stereocenters. The largest absolute Gasteiger partial charge is 0.241 e. The Kier molecular flexibility index (Phi) is 1.54. The summed E-state index contributed by atoms with van der Waals surface area (Å²) < 4.78 is 0. The first-order valence-corrected chi connectivity index (χ1v) is 4.04. The van der Waals surface area contributed by atoms with Gasteiger partial charge in [-0.1, -0.05) is 0 Å². The van der Waals surface area contributed by atoms with E-state index in [0.29, 0.717) is 11.6 Å². The first kappa shape index (κ1) is 7.23. The Morgan fingerprint density at radius 1 is 1.50 bits per heavy atom. The minimum atomic E-state index is 0.520. The summed E-state index contributed by atoms with van der Waals surface area (Å²) in [4.78, 5) is 8.08. The fourth-order valence-electron chi connectivity index (χ4n) is 1.34. The molecule has 1 aromatic rings. The topological polar surface area (TPSA) is 49.6 Å². The van der Waals surface area contributed by atoms with Gasteiger partial charge in [-0.25, -0.2) is 9.97 Å². The predicted octanol–water partition coefficient (Wildman–Crippen LogP) is 1.53. The minimum Gasteiger partial charge on any atom is -0.241 e. The van der Waals surface area contributed by atoms with Crippen LogP contribution in [0.2, 0.25) is 0 Å². The highest BCUT2D eigenvalue weighted by Crippen LogP contribution is 2.40. The fraction of sp³-hybridized carbons (Fsp3) is 0.444. The second-order valence-corrected chi connectivity index (χ2v) is 3.12. The molecule has 0 aromatic carbocycles. The molecule has 3 heteroatoms. The summed E-state index contributed by atoms with van der Waals surface area (Å²) in [5.74, 6) is 0.597. The number of rotatable bonds is 1. The first-order valence-electron chi connectivity index (χ1n) is 4.04. The van der Waals surface area contributed by atoms with Crippen molar-refractivity contribution < 1.29 is 0 Å². The van der Waals surface area contributed by atoms with Crippen molar-refractivity contribution in [3.63, 3.8) is 0 Å². The van der Waals surface area contributed by atoms with Crippen LogP contribution in [0.25, 0.3) is 0 Å². The third-order valence-electron chi connectivity index (χ3n) is 2.19. The number of nitriles is 1. The molecule has 0 unspecified atom stereocenters. The van der Waals surface area contributed by atoms with Gasteiger partial charge in [0.05, 0.1) is 5.69 Å². The Hall–Kier alpha value is -1.43. The highest BCUT2D eigenvalue weighted by molar-refractivity contribution is 5.35. The molecule has 1 fully saturated rings. The maximum atomic E-state index is 8.70. The third kappa shape index (κ3) is 1.06. The second kappa shape index (κ2) is 2.56. The Morgan fingerprint density at radius 3 is 2.83 bits per heavy atom. The minimum absolute atomic E-state index is 0.520. The van der Waals surface area contributed by atoms with E-state index < -0.39 is 0 Å². The molecule has 3 nitrogen and oxygen atoms in total. The van der Waals surface area contributed by atoms with Crippen LogP contribution in [0.5, 0.6) is 0 Å². The van der Waals surface area contributed by atoms with Crippen LogP contribution in [0.15, 0.2) is 6.33 Å². The lowest BCUT2D eigenvalue weighted by Gasteiger charge is -2.01. The monoisotopic (exact) mass is 159 g/mol. The lowest BCUT2D eigenvalue weighted by Crippen LogP contribution is -1.97. The zero-order valence-corrected chi connectivity index (χ0v) is 6.91. The van der Waals surface area contributed by atoms with Gasteiger partial charge in [-0.15, -0.1) is 0 Å². The molecular formula is C9H9N3. The van der Waals surface area contributed by atoms with Crippen molar-refractivity contribution in [1.29, 1.82) is 5.26 Å². The van der Waals surface area contributed by atoms with Gasteiger partial charge in [0, 0.05) is 11.5 Å². The predicted molar refractivity (Wildman–Crippen MR) is 43.5 cm³/mol. The van der Waals surface area contributed by atoms with Crippen molar-refractivity contribution in [1.82, 2.24) is 9.97 Å². The van der Waals surface area contributed by atoms with Crippen molar-refractivity contribution >= 4 is 0 Å². The van der Waals surface area contributed by atoms with Gasteiger partial charge < -0.3 is 0 Å². The van der Waals surface area contributed by atoms with Crippen LogP contribution in [0, 0.1) is 18.3 Å². The smallest absolute Gasteiger partial charge is 0.147 e. The van der Waals surface area contributed by atoms with Crippen molar-refractivity contribution in [2.75, 3.05) is 0 Å². The molecule has 0 N–H and O–H groups in total. The maximum absolute atomic E-state index is 8.70. The van der Waals surface area contributed by atoms with E-state index in [1.54, 1.807) is 0 Å². The van der Waals surface area contributed by atoms with E-state index in [2.05, 4.69) is 16.0 Å². The molecule has 1 aliphatic rings. The van der Waals surface area contributed by atoms with Gasteiger partial charge >= 0.3 is 0 Å². The zero-order chi connectivity index (χ0) is 8.55. The van der Waals surface area contributed by atoms with E-state index in [1.807, 2.05) is 6.92 Å². The zero-order valence-electron chi connectivity index (χ0n) is 6.91. The van der Waals surface area contributed by atoms with Crippen molar-refractivity contribution in [2.24, 2.45) is 0 Å². The van der Waals surface area contributed by atoms with E-state index in [1.165, 1.54) is 19.2 Å². The van der Waals surface area contributed by atoms with Crippen LogP contribution in [-0.2, 0) is 0 Å². The number of hydrogen-bond donors (Lipinski definition) is 0. The Bertz CT molecular complexity index is 347. The molecule has 2 rings (SSSR count). The van der Waals surface area contributed by atoms with Gasteiger partial charge in [0.2, 0.25) is 0 Å². The van der Waals surface area contributed by atoms with Crippen LogP contribution in [0.4, 0.5) is 0 Å². The molecule has 0 amide bonds. The molecule has 0 saturated heterocycles. The molecule has 60 valence electrons. The molecule has 12 heavy (non-hydrogen) atoms. The second-order valence-electron chi connectivity index (χ2n) is 3.12. The van der Waals surface area contributed by atoms with Crippen molar-refractivity contribution in [2.45, 2.75) is 25.7 Å².